The molecular formula is C20H26N3O2S+. The van der Waals surface area contributed by atoms with Crippen molar-refractivity contribution < 1.29 is 9.59 Å². The molecule has 26 heavy (non-hydrogen) atoms. The fourth-order valence-corrected chi connectivity index (χ4v) is 4.32. The SMILES string of the molecule is Cc1ccc(NC(=O)C2CCCC(C)C2)cc1C(=O)Nc1cnc[s+]1C. The number of anilines is 2. The number of hydrogen-bond donors (Lipinski definition) is 2. The summed E-state index contributed by atoms with van der Waals surface area (Å²) in [5, 5.41) is 6.75. The van der Waals surface area contributed by atoms with Crippen LogP contribution in [0.2, 0.25) is 0 Å². The highest BCUT2D eigenvalue weighted by Gasteiger charge is 2.25. The molecule has 2 amide bonds. The maximum atomic E-state index is 12.6. The first kappa shape index (κ1) is 18.6. The summed E-state index contributed by atoms with van der Waals surface area (Å²) in [7, 11) is -0.165. The van der Waals surface area contributed by atoms with E-state index in [4.69, 9.17) is 0 Å². The Bertz CT molecular complexity index is 815. The highest BCUT2D eigenvalue weighted by molar-refractivity contribution is 7.31. The number of carbonyl (C=O) groups excluding carboxylic acids is 2. The number of aryl methyl sites for hydroxylation is 2. The fourth-order valence-electron chi connectivity index (χ4n) is 3.48. The average molecular weight is 373 g/mol. The van der Waals surface area contributed by atoms with E-state index in [2.05, 4.69) is 22.5 Å². The van der Waals surface area contributed by atoms with E-state index in [0.717, 1.165) is 29.8 Å². The molecule has 5 nitrogen and oxygen atoms in total. The van der Waals surface area contributed by atoms with Gasteiger partial charge in [-0.15, -0.1) is 0 Å². The maximum absolute atomic E-state index is 12.6. The molecule has 3 unspecified atom stereocenters. The lowest BCUT2D eigenvalue weighted by Gasteiger charge is -2.25. The summed E-state index contributed by atoms with van der Waals surface area (Å²) < 4.78 is 0. The van der Waals surface area contributed by atoms with Crippen molar-refractivity contribution >= 4 is 33.0 Å². The Balaban J connectivity index is 1.71. The van der Waals surface area contributed by atoms with Gasteiger partial charge in [0.2, 0.25) is 11.4 Å². The molecular weight excluding hydrogens is 346 g/mol. The van der Waals surface area contributed by atoms with Crippen LogP contribution in [-0.4, -0.2) is 16.8 Å². The maximum Gasteiger partial charge on any atom is 0.267 e. The Labute approximate surface area is 157 Å². The average Bonchev–Trinajstić information content (AvgIpc) is 3.01. The molecule has 1 aromatic heterocycles. The molecule has 0 spiro atoms. The molecule has 1 aliphatic carbocycles. The number of nitrogens with one attached hydrogen (secondary N) is 2. The van der Waals surface area contributed by atoms with Gasteiger partial charge in [-0.2, -0.15) is 0 Å². The Kier molecular flexibility index (Phi) is 5.71. The van der Waals surface area contributed by atoms with Crippen molar-refractivity contribution in [2.45, 2.75) is 39.5 Å². The quantitative estimate of drug-likeness (QED) is 0.765. The van der Waals surface area contributed by atoms with Gasteiger partial charge in [-0.3, -0.25) is 14.9 Å². The lowest BCUT2D eigenvalue weighted by atomic mass is 9.82. The first-order chi connectivity index (χ1) is 12.4. The van der Waals surface area contributed by atoms with E-state index >= 15 is 0 Å². The van der Waals surface area contributed by atoms with Crippen molar-refractivity contribution in [1.29, 1.82) is 0 Å². The van der Waals surface area contributed by atoms with E-state index < -0.39 is 0 Å². The predicted molar refractivity (Wildman–Crippen MR) is 107 cm³/mol. The van der Waals surface area contributed by atoms with Gasteiger partial charge < -0.3 is 5.32 Å². The summed E-state index contributed by atoms with van der Waals surface area (Å²) in [4.78, 5) is 29.3. The van der Waals surface area contributed by atoms with Crippen molar-refractivity contribution in [2.24, 2.45) is 18.1 Å². The molecule has 2 N–H and O–H groups in total. The first-order valence-corrected chi connectivity index (χ1v) is 10.7. The fraction of sp³-hybridized carbons (Fsp3) is 0.450. The second-order valence-corrected chi connectivity index (χ2v) is 9.01. The molecule has 3 atom stereocenters. The van der Waals surface area contributed by atoms with Crippen LogP contribution in [0.25, 0.3) is 0 Å². The number of nitrogens with zero attached hydrogens (tertiary/aromatic N) is 1. The van der Waals surface area contributed by atoms with Gasteiger partial charge in [0.15, 0.2) is 0 Å². The Morgan fingerprint density at radius 3 is 2.73 bits per heavy atom. The molecule has 0 aliphatic heterocycles. The van der Waals surface area contributed by atoms with Crippen LogP contribution in [-0.2, 0) is 11.1 Å². The molecule has 0 saturated heterocycles. The van der Waals surface area contributed by atoms with Crippen molar-refractivity contribution in [2.75, 3.05) is 10.6 Å². The zero-order valence-corrected chi connectivity index (χ0v) is 16.4. The third-order valence-electron chi connectivity index (χ3n) is 5.05. The highest BCUT2D eigenvalue weighted by Crippen LogP contribution is 2.30. The number of carbonyl (C=O) groups is 2. The van der Waals surface area contributed by atoms with Crippen LogP contribution in [0.3, 0.4) is 0 Å². The summed E-state index contributed by atoms with van der Waals surface area (Å²) in [6.07, 6.45) is 7.90. The number of thiazole rings is 1. The minimum absolute atomic E-state index is 0.0637. The standard InChI is InChI=1S/C20H25N3O2S/c1-13-5-4-6-15(9-13)19(24)22-16-8-7-14(2)17(10-16)20(25)23-18-11-21-12-26(18)3/h7-8,10-13,15H,4-6,9H2,1-3H3,(H-,22,23,24,25)/p+1. The summed E-state index contributed by atoms with van der Waals surface area (Å²) in [6.45, 7) is 4.10. The Morgan fingerprint density at radius 2 is 2.04 bits per heavy atom. The monoisotopic (exact) mass is 372 g/mol. The van der Waals surface area contributed by atoms with Crippen molar-refractivity contribution in [3.8, 4) is 0 Å². The van der Waals surface area contributed by atoms with Gasteiger partial charge in [-0.25, -0.2) is 4.98 Å². The molecule has 0 radical (unpaired) electrons. The number of hydrogen-bond acceptors (Lipinski definition) is 3. The molecule has 6 heteroatoms. The second-order valence-electron chi connectivity index (χ2n) is 7.25. The second kappa shape index (κ2) is 7.99. The lowest BCUT2D eigenvalue weighted by molar-refractivity contribution is -0.121. The largest absolute Gasteiger partial charge is 0.326 e. The lowest BCUT2D eigenvalue weighted by Crippen LogP contribution is -2.27. The zero-order chi connectivity index (χ0) is 18.7. The van der Waals surface area contributed by atoms with Gasteiger partial charge in [-0.1, -0.05) is 25.8 Å². The summed E-state index contributed by atoms with van der Waals surface area (Å²) >= 11 is 0. The van der Waals surface area contributed by atoms with E-state index in [-0.39, 0.29) is 28.2 Å². The Morgan fingerprint density at radius 1 is 1.23 bits per heavy atom. The zero-order valence-electron chi connectivity index (χ0n) is 15.5. The van der Waals surface area contributed by atoms with Crippen LogP contribution in [0.15, 0.2) is 29.9 Å². The smallest absolute Gasteiger partial charge is 0.267 e. The number of benzene rings is 1. The minimum atomic E-state index is -0.166. The topological polar surface area (TPSA) is 71.1 Å². The molecule has 0 bridgehead atoms. The molecule has 1 fully saturated rings. The van der Waals surface area contributed by atoms with Crippen LogP contribution < -0.4 is 10.6 Å². The van der Waals surface area contributed by atoms with E-state index in [9.17, 15) is 9.59 Å². The van der Waals surface area contributed by atoms with Crippen LogP contribution in [0.1, 0.15) is 48.5 Å². The van der Waals surface area contributed by atoms with E-state index in [1.165, 1.54) is 6.42 Å². The van der Waals surface area contributed by atoms with Gasteiger partial charge in [0.25, 0.3) is 10.9 Å². The molecule has 2 aromatic rings. The van der Waals surface area contributed by atoms with Crippen LogP contribution in [0, 0.1) is 18.8 Å². The minimum Gasteiger partial charge on any atom is -0.326 e. The van der Waals surface area contributed by atoms with Gasteiger partial charge in [0.05, 0.1) is 0 Å². The third-order valence-corrected chi connectivity index (χ3v) is 6.39. The van der Waals surface area contributed by atoms with Gasteiger partial charge in [0.1, 0.15) is 12.5 Å². The van der Waals surface area contributed by atoms with Crippen LogP contribution >= 0.6 is 10.5 Å². The first-order valence-electron chi connectivity index (χ1n) is 9.05. The van der Waals surface area contributed by atoms with Crippen LogP contribution in [0.5, 0.6) is 0 Å². The third kappa shape index (κ3) is 4.30. The van der Waals surface area contributed by atoms with Gasteiger partial charge in [0, 0.05) is 27.6 Å². The van der Waals surface area contributed by atoms with Gasteiger partial charge >= 0.3 is 0 Å². The summed E-state index contributed by atoms with van der Waals surface area (Å²) in [5.41, 5.74) is 3.95. The van der Waals surface area contributed by atoms with E-state index in [1.807, 2.05) is 30.8 Å². The van der Waals surface area contributed by atoms with Crippen molar-refractivity contribution in [3.63, 3.8) is 0 Å². The molecule has 3 rings (SSSR count). The molecule has 138 valence electrons. The molecule has 1 aromatic carbocycles. The summed E-state index contributed by atoms with van der Waals surface area (Å²) in [6, 6.07) is 5.50. The van der Waals surface area contributed by atoms with E-state index in [0.29, 0.717) is 17.2 Å². The van der Waals surface area contributed by atoms with Crippen LogP contribution in [0.4, 0.5) is 10.7 Å². The number of rotatable bonds is 4. The molecule has 1 saturated carbocycles. The van der Waals surface area contributed by atoms with Gasteiger partial charge in [-0.05, 0) is 43.4 Å². The van der Waals surface area contributed by atoms with Crippen molar-refractivity contribution in [1.82, 2.24) is 4.98 Å². The Hall–Kier alpha value is -2.21. The van der Waals surface area contributed by atoms with E-state index in [1.54, 1.807) is 12.3 Å². The number of aromatic nitrogens is 1. The van der Waals surface area contributed by atoms with Crippen molar-refractivity contribution in [3.05, 3.63) is 41.0 Å². The summed E-state index contributed by atoms with van der Waals surface area (Å²) in [5.74, 6) is 0.568. The molecule has 1 heterocycles. The number of amides is 2. The normalized spacial score (nSPS) is 20.5. The highest BCUT2D eigenvalue weighted by atomic mass is 32.2. The molecule has 1 aliphatic rings. The predicted octanol–water partition coefficient (Wildman–Crippen LogP) is 4.69.